The van der Waals surface area contributed by atoms with Gasteiger partial charge in [0.25, 0.3) is 0 Å². The summed E-state index contributed by atoms with van der Waals surface area (Å²) in [6.45, 7) is 5.17. The molecule has 0 amide bonds. The lowest BCUT2D eigenvalue weighted by molar-refractivity contribution is 0.576. The molecule has 4 nitrogen and oxygen atoms in total. The van der Waals surface area contributed by atoms with Crippen molar-refractivity contribution in [1.29, 1.82) is 0 Å². The Kier molecular flexibility index (Phi) is 12.9. The van der Waals surface area contributed by atoms with Crippen LogP contribution in [0.3, 0.4) is 0 Å². The van der Waals surface area contributed by atoms with Crippen molar-refractivity contribution in [1.82, 2.24) is 14.8 Å². The molecule has 0 aliphatic heterocycles. The standard InChI is InChI=1S/C24H21ClF2N4S.C2H6.CH3F/c25-20-7-10-22(11-8-20)32-31(24-14-21(26)9-12-23(24)27)15-19-5-2-1-4-18(19)6-3-13-30-17-28-16-29-30;2*1-2/h1-2,4-5,7-12,14,16-17H,3,6,13,15H2;1-2H3;1H3. The third-order valence-electron chi connectivity index (χ3n) is 4.94. The molecule has 0 radical (unpaired) electrons. The fraction of sp³-hybridized carbons (Fsp3) is 0.259. The van der Waals surface area contributed by atoms with Gasteiger partial charge in [-0.05, 0) is 72.3 Å². The molecule has 4 rings (SSSR count). The van der Waals surface area contributed by atoms with Crippen LogP contribution in [0.5, 0.6) is 0 Å². The second-order valence-electron chi connectivity index (χ2n) is 7.21. The van der Waals surface area contributed by atoms with Gasteiger partial charge in [-0.3, -0.25) is 9.07 Å². The predicted molar refractivity (Wildman–Crippen MR) is 143 cm³/mol. The summed E-state index contributed by atoms with van der Waals surface area (Å²) in [7, 11) is 0.500. The van der Waals surface area contributed by atoms with Crippen LogP contribution < -0.4 is 4.31 Å². The third-order valence-corrected chi connectivity index (χ3v) is 6.22. The molecule has 0 unspecified atom stereocenters. The first-order valence-electron chi connectivity index (χ1n) is 11.5. The molecule has 0 bridgehead atoms. The van der Waals surface area contributed by atoms with Gasteiger partial charge in [-0.15, -0.1) is 0 Å². The van der Waals surface area contributed by atoms with Crippen LogP contribution in [0.25, 0.3) is 0 Å². The molecule has 1 heterocycles. The van der Waals surface area contributed by atoms with Crippen LogP contribution in [0.2, 0.25) is 5.02 Å². The van der Waals surface area contributed by atoms with E-state index in [1.165, 1.54) is 24.3 Å². The summed E-state index contributed by atoms with van der Waals surface area (Å²) in [4.78, 5) is 4.84. The highest BCUT2D eigenvalue weighted by atomic mass is 35.5. The summed E-state index contributed by atoms with van der Waals surface area (Å²) in [6.07, 6.45) is 4.94. The molecule has 0 N–H and O–H groups in total. The van der Waals surface area contributed by atoms with Crippen LogP contribution in [0.1, 0.15) is 31.4 Å². The minimum Gasteiger partial charge on any atom is -0.305 e. The Balaban J connectivity index is 0.00000109. The molecule has 0 fully saturated rings. The lowest BCUT2D eigenvalue weighted by atomic mass is 10.0. The van der Waals surface area contributed by atoms with Gasteiger partial charge >= 0.3 is 0 Å². The molecule has 1 aromatic heterocycles. The number of halogens is 4. The van der Waals surface area contributed by atoms with Gasteiger partial charge < -0.3 is 4.31 Å². The molecule has 3 aromatic carbocycles. The first kappa shape index (κ1) is 29.3. The van der Waals surface area contributed by atoms with E-state index in [4.69, 9.17) is 11.6 Å². The zero-order valence-electron chi connectivity index (χ0n) is 20.5. The Labute approximate surface area is 220 Å². The van der Waals surface area contributed by atoms with Crippen molar-refractivity contribution >= 4 is 29.2 Å². The van der Waals surface area contributed by atoms with Crippen LogP contribution in [0.15, 0.2) is 84.3 Å². The van der Waals surface area contributed by atoms with Crippen LogP contribution in [0, 0.1) is 11.6 Å². The van der Waals surface area contributed by atoms with E-state index in [0.717, 1.165) is 47.5 Å². The maximum Gasteiger partial charge on any atom is 0.147 e. The lowest BCUT2D eigenvalue weighted by Crippen LogP contribution is -2.17. The number of rotatable bonds is 9. The maximum atomic E-state index is 14.7. The summed E-state index contributed by atoms with van der Waals surface area (Å²) >= 11 is 7.35. The minimum atomic E-state index is -0.482. The van der Waals surface area contributed by atoms with E-state index in [2.05, 4.69) is 16.1 Å². The van der Waals surface area contributed by atoms with Crippen molar-refractivity contribution in [2.45, 2.75) is 44.7 Å². The molecule has 0 spiro atoms. The smallest absolute Gasteiger partial charge is 0.147 e. The maximum absolute atomic E-state index is 14.7. The van der Waals surface area contributed by atoms with Crippen molar-refractivity contribution in [2.75, 3.05) is 11.5 Å². The van der Waals surface area contributed by atoms with Gasteiger partial charge in [0.2, 0.25) is 0 Å². The van der Waals surface area contributed by atoms with Gasteiger partial charge in [-0.1, -0.05) is 49.7 Å². The largest absolute Gasteiger partial charge is 0.305 e. The van der Waals surface area contributed by atoms with Crippen molar-refractivity contribution in [3.63, 3.8) is 0 Å². The molecular formula is C27H30ClF3N4S. The average Bonchev–Trinajstić information content (AvgIpc) is 3.43. The summed E-state index contributed by atoms with van der Waals surface area (Å²) in [5.74, 6) is -0.958. The highest BCUT2D eigenvalue weighted by Crippen LogP contribution is 2.34. The third kappa shape index (κ3) is 8.91. The van der Waals surface area contributed by atoms with E-state index in [1.54, 1.807) is 27.4 Å². The monoisotopic (exact) mass is 534 g/mol. The average molecular weight is 535 g/mol. The van der Waals surface area contributed by atoms with Gasteiger partial charge in [0, 0.05) is 22.5 Å². The van der Waals surface area contributed by atoms with Crippen molar-refractivity contribution in [3.8, 4) is 0 Å². The second kappa shape index (κ2) is 15.9. The second-order valence-corrected chi connectivity index (χ2v) is 8.74. The number of alkyl halides is 1. The van der Waals surface area contributed by atoms with Crippen molar-refractivity contribution in [3.05, 3.63) is 107 Å². The van der Waals surface area contributed by atoms with E-state index >= 15 is 0 Å². The molecule has 0 aliphatic carbocycles. The van der Waals surface area contributed by atoms with Gasteiger partial charge in [0.15, 0.2) is 0 Å². The number of nitrogens with zero attached hydrogens (tertiary/aromatic N) is 4. The zero-order valence-corrected chi connectivity index (χ0v) is 22.1. The fourth-order valence-corrected chi connectivity index (χ4v) is 4.44. The fourth-order valence-electron chi connectivity index (χ4n) is 3.36. The summed E-state index contributed by atoms with van der Waals surface area (Å²) < 4.78 is 41.8. The topological polar surface area (TPSA) is 34.0 Å². The highest BCUT2D eigenvalue weighted by molar-refractivity contribution is 8.00. The Bertz CT molecular complexity index is 1160. The van der Waals surface area contributed by atoms with E-state index in [-0.39, 0.29) is 5.69 Å². The normalized spacial score (nSPS) is 10.1. The predicted octanol–water partition coefficient (Wildman–Crippen LogP) is 8.17. The summed E-state index contributed by atoms with van der Waals surface area (Å²) in [5.41, 5.74) is 2.41. The summed E-state index contributed by atoms with van der Waals surface area (Å²) in [5, 5.41) is 4.76. The Morgan fingerprint density at radius 1 is 0.944 bits per heavy atom. The number of benzene rings is 3. The van der Waals surface area contributed by atoms with Crippen molar-refractivity contribution < 1.29 is 13.2 Å². The van der Waals surface area contributed by atoms with Crippen LogP contribution in [-0.2, 0) is 19.5 Å². The minimum absolute atomic E-state index is 0.197. The molecule has 9 heteroatoms. The molecule has 0 aliphatic rings. The number of anilines is 1. The molecular weight excluding hydrogens is 505 g/mol. The molecule has 192 valence electrons. The first-order valence-corrected chi connectivity index (χ1v) is 12.7. The molecule has 0 atom stereocenters. The molecule has 36 heavy (non-hydrogen) atoms. The highest BCUT2D eigenvalue weighted by Gasteiger charge is 2.17. The van der Waals surface area contributed by atoms with Gasteiger partial charge in [-0.25, -0.2) is 13.8 Å². The van der Waals surface area contributed by atoms with Crippen LogP contribution in [0.4, 0.5) is 18.9 Å². The van der Waals surface area contributed by atoms with Crippen molar-refractivity contribution in [2.24, 2.45) is 0 Å². The number of aromatic nitrogens is 3. The molecule has 0 saturated carbocycles. The zero-order chi connectivity index (χ0) is 26.3. The quantitative estimate of drug-likeness (QED) is 0.203. The van der Waals surface area contributed by atoms with Crippen LogP contribution in [-0.4, -0.2) is 21.9 Å². The molecule has 4 aromatic rings. The van der Waals surface area contributed by atoms with Gasteiger partial charge in [-0.2, -0.15) is 5.10 Å². The van der Waals surface area contributed by atoms with E-state index in [0.29, 0.717) is 18.7 Å². The Morgan fingerprint density at radius 2 is 1.64 bits per heavy atom. The van der Waals surface area contributed by atoms with E-state index in [9.17, 15) is 13.2 Å². The van der Waals surface area contributed by atoms with Gasteiger partial charge in [0.05, 0.1) is 19.4 Å². The number of aryl methyl sites for hydroxylation is 2. The number of hydrogen-bond acceptors (Lipinski definition) is 4. The van der Waals surface area contributed by atoms with E-state index < -0.39 is 11.6 Å². The Morgan fingerprint density at radius 3 is 2.31 bits per heavy atom. The SMILES string of the molecule is CC.CF.Fc1ccc(F)c(N(Cc2ccccc2CCCn2cncn2)Sc2ccc(Cl)cc2)c1. The molecule has 0 saturated heterocycles. The van der Waals surface area contributed by atoms with Crippen LogP contribution >= 0.6 is 23.5 Å². The Hall–Kier alpha value is -2.97. The van der Waals surface area contributed by atoms with E-state index in [1.807, 2.05) is 44.2 Å². The first-order chi connectivity index (χ1) is 17.6. The van der Waals surface area contributed by atoms with Gasteiger partial charge in [0.1, 0.15) is 24.3 Å². The number of hydrogen-bond donors (Lipinski definition) is 0. The lowest BCUT2D eigenvalue weighted by Gasteiger charge is -2.25. The summed E-state index contributed by atoms with van der Waals surface area (Å²) in [6, 6.07) is 18.8.